The average Bonchev–Trinajstić information content (AvgIpc) is 3.43. The van der Waals surface area contributed by atoms with Crippen LogP contribution in [0.2, 0.25) is 0 Å². The topological polar surface area (TPSA) is 69.8 Å². The molecule has 1 unspecified atom stereocenters. The minimum absolute atomic E-state index is 0. The van der Waals surface area contributed by atoms with Crippen molar-refractivity contribution in [2.45, 2.75) is 44.6 Å². The number of aromatic nitrogens is 3. The number of hydrogen-bond donors (Lipinski definition) is 2. The van der Waals surface area contributed by atoms with E-state index in [0.717, 1.165) is 42.9 Å². The second-order valence-electron chi connectivity index (χ2n) is 7.83. The Kier molecular flexibility index (Phi) is 7.90. The van der Waals surface area contributed by atoms with Crippen molar-refractivity contribution < 1.29 is 0 Å². The summed E-state index contributed by atoms with van der Waals surface area (Å²) >= 11 is 0. The molecular formula is C20H32IN7. The third-order valence-corrected chi connectivity index (χ3v) is 5.85. The maximum Gasteiger partial charge on any atom is 0.191 e. The number of fused-ring (bicyclic) bond motifs is 1. The third kappa shape index (κ3) is 5.34. The molecule has 0 aromatic carbocycles. The van der Waals surface area contributed by atoms with Gasteiger partial charge in [0.15, 0.2) is 11.6 Å². The SMILES string of the molecule is CN=C(NCCc1nnc2ccccn12)NC1CCN(CC2CCCC2)C1.I. The van der Waals surface area contributed by atoms with Crippen LogP contribution < -0.4 is 10.6 Å². The van der Waals surface area contributed by atoms with E-state index in [4.69, 9.17) is 0 Å². The molecule has 1 aliphatic heterocycles. The highest BCUT2D eigenvalue weighted by Gasteiger charge is 2.26. The fourth-order valence-corrected chi connectivity index (χ4v) is 4.42. The van der Waals surface area contributed by atoms with Gasteiger partial charge in [-0.25, -0.2) is 0 Å². The largest absolute Gasteiger partial charge is 0.356 e. The summed E-state index contributed by atoms with van der Waals surface area (Å²) in [5, 5.41) is 15.5. The van der Waals surface area contributed by atoms with Crippen LogP contribution in [0.25, 0.3) is 5.65 Å². The van der Waals surface area contributed by atoms with Crippen LogP contribution in [0, 0.1) is 5.92 Å². The fourth-order valence-electron chi connectivity index (χ4n) is 4.42. The van der Waals surface area contributed by atoms with E-state index in [-0.39, 0.29) is 24.0 Å². The molecule has 2 aromatic rings. The van der Waals surface area contributed by atoms with E-state index in [2.05, 4.69) is 30.7 Å². The Morgan fingerprint density at radius 2 is 2.07 bits per heavy atom. The van der Waals surface area contributed by atoms with Crippen molar-refractivity contribution in [3.63, 3.8) is 0 Å². The van der Waals surface area contributed by atoms with Gasteiger partial charge in [0, 0.05) is 51.9 Å². The molecule has 2 aromatic heterocycles. The summed E-state index contributed by atoms with van der Waals surface area (Å²) in [7, 11) is 1.84. The van der Waals surface area contributed by atoms with Crippen LogP contribution in [0.3, 0.4) is 0 Å². The van der Waals surface area contributed by atoms with Gasteiger partial charge in [-0.05, 0) is 37.3 Å². The first-order chi connectivity index (χ1) is 13.3. The van der Waals surface area contributed by atoms with E-state index in [1.807, 2.05) is 35.8 Å². The second-order valence-corrected chi connectivity index (χ2v) is 7.83. The highest BCUT2D eigenvalue weighted by molar-refractivity contribution is 14.0. The number of hydrogen-bond acceptors (Lipinski definition) is 4. The van der Waals surface area contributed by atoms with Gasteiger partial charge in [-0.2, -0.15) is 0 Å². The lowest BCUT2D eigenvalue weighted by atomic mass is 10.1. The molecule has 0 spiro atoms. The van der Waals surface area contributed by atoms with Gasteiger partial charge >= 0.3 is 0 Å². The maximum absolute atomic E-state index is 4.39. The molecule has 28 heavy (non-hydrogen) atoms. The van der Waals surface area contributed by atoms with Gasteiger partial charge in [-0.1, -0.05) is 18.9 Å². The van der Waals surface area contributed by atoms with Gasteiger partial charge in [0.2, 0.25) is 0 Å². The van der Waals surface area contributed by atoms with Crippen molar-refractivity contribution in [2.24, 2.45) is 10.9 Å². The summed E-state index contributed by atoms with van der Waals surface area (Å²) in [5.41, 5.74) is 0.892. The lowest BCUT2D eigenvalue weighted by molar-refractivity contribution is 0.275. The Morgan fingerprint density at radius 1 is 1.21 bits per heavy atom. The van der Waals surface area contributed by atoms with Gasteiger partial charge in [-0.15, -0.1) is 34.2 Å². The zero-order valence-corrected chi connectivity index (χ0v) is 19.0. The van der Waals surface area contributed by atoms with Crippen molar-refractivity contribution in [1.82, 2.24) is 30.1 Å². The molecule has 1 atom stereocenters. The Labute approximate surface area is 184 Å². The number of halogens is 1. The molecule has 1 aliphatic carbocycles. The van der Waals surface area contributed by atoms with Crippen molar-refractivity contribution in [1.29, 1.82) is 0 Å². The molecular weight excluding hydrogens is 465 g/mol. The van der Waals surface area contributed by atoms with Crippen LogP contribution in [0.15, 0.2) is 29.4 Å². The van der Waals surface area contributed by atoms with E-state index in [1.165, 1.54) is 45.2 Å². The second kappa shape index (κ2) is 10.4. The van der Waals surface area contributed by atoms with Crippen LogP contribution in [-0.4, -0.2) is 64.7 Å². The van der Waals surface area contributed by atoms with Gasteiger partial charge in [0.05, 0.1) is 0 Å². The summed E-state index contributed by atoms with van der Waals surface area (Å²) in [5.74, 6) is 2.79. The Hall–Kier alpha value is -1.42. The number of nitrogens with one attached hydrogen (secondary N) is 2. The minimum Gasteiger partial charge on any atom is -0.356 e. The molecule has 8 heteroatoms. The van der Waals surface area contributed by atoms with Crippen LogP contribution in [0.5, 0.6) is 0 Å². The average molecular weight is 497 g/mol. The minimum atomic E-state index is 0. The number of rotatable bonds is 6. The summed E-state index contributed by atoms with van der Waals surface area (Å²) in [6, 6.07) is 6.45. The Morgan fingerprint density at radius 3 is 2.89 bits per heavy atom. The lowest BCUT2D eigenvalue weighted by Gasteiger charge is -2.21. The van der Waals surface area contributed by atoms with Crippen LogP contribution >= 0.6 is 24.0 Å². The molecule has 154 valence electrons. The molecule has 1 saturated heterocycles. The molecule has 4 rings (SSSR count). The lowest BCUT2D eigenvalue weighted by Crippen LogP contribution is -2.45. The maximum atomic E-state index is 4.39. The quantitative estimate of drug-likeness (QED) is 0.364. The number of nitrogens with zero attached hydrogens (tertiary/aromatic N) is 5. The van der Waals surface area contributed by atoms with Crippen molar-refractivity contribution in [3.8, 4) is 0 Å². The van der Waals surface area contributed by atoms with Crippen molar-refractivity contribution in [3.05, 3.63) is 30.2 Å². The zero-order valence-electron chi connectivity index (χ0n) is 16.7. The van der Waals surface area contributed by atoms with Crippen LogP contribution in [-0.2, 0) is 6.42 Å². The fraction of sp³-hybridized carbons (Fsp3) is 0.650. The number of guanidine groups is 1. The highest BCUT2D eigenvalue weighted by Crippen LogP contribution is 2.26. The zero-order chi connectivity index (χ0) is 18.5. The normalized spacial score (nSPS) is 21.2. The molecule has 1 saturated carbocycles. The van der Waals surface area contributed by atoms with Gasteiger partial charge in [0.1, 0.15) is 5.82 Å². The first kappa shape index (κ1) is 21.3. The van der Waals surface area contributed by atoms with Crippen LogP contribution in [0.4, 0.5) is 0 Å². The van der Waals surface area contributed by atoms with Crippen molar-refractivity contribution in [2.75, 3.05) is 33.2 Å². The monoisotopic (exact) mass is 497 g/mol. The van der Waals surface area contributed by atoms with E-state index >= 15 is 0 Å². The highest BCUT2D eigenvalue weighted by atomic mass is 127. The summed E-state index contributed by atoms with van der Waals surface area (Å²) < 4.78 is 2.04. The summed E-state index contributed by atoms with van der Waals surface area (Å²) in [6.45, 7) is 4.40. The third-order valence-electron chi connectivity index (χ3n) is 5.85. The number of likely N-dealkylation sites (tertiary alicyclic amines) is 1. The van der Waals surface area contributed by atoms with Crippen molar-refractivity contribution >= 4 is 35.6 Å². The van der Waals surface area contributed by atoms with E-state index < -0.39 is 0 Å². The molecule has 0 amide bonds. The van der Waals surface area contributed by atoms with Crippen LogP contribution in [0.1, 0.15) is 37.9 Å². The molecule has 0 radical (unpaired) electrons. The van der Waals surface area contributed by atoms with E-state index in [9.17, 15) is 0 Å². The summed E-state index contributed by atoms with van der Waals surface area (Å²) in [4.78, 5) is 7.02. The molecule has 0 bridgehead atoms. The molecule has 7 nitrogen and oxygen atoms in total. The van der Waals surface area contributed by atoms with E-state index in [0.29, 0.717) is 6.04 Å². The number of aliphatic imine (C=N–C) groups is 1. The van der Waals surface area contributed by atoms with Gasteiger partial charge in [0.25, 0.3) is 0 Å². The molecule has 3 heterocycles. The van der Waals surface area contributed by atoms with E-state index in [1.54, 1.807) is 0 Å². The predicted octanol–water partition coefficient (Wildman–Crippen LogP) is 2.32. The van der Waals surface area contributed by atoms with Gasteiger partial charge < -0.3 is 15.5 Å². The summed E-state index contributed by atoms with van der Waals surface area (Å²) in [6.07, 6.45) is 9.72. The standard InChI is InChI=1S/C20H31N7.HI/c1-21-20(22-11-9-19-25-24-18-8-4-5-12-27(18)19)23-17-10-13-26(15-17)14-16-6-2-3-7-16;/h4-5,8,12,16-17H,2-3,6-7,9-11,13-15H2,1H3,(H2,21,22,23);1H. The first-order valence-corrected chi connectivity index (χ1v) is 10.3. The molecule has 2 fully saturated rings. The molecule has 2 aliphatic rings. The molecule has 2 N–H and O–H groups in total. The smallest absolute Gasteiger partial charge is 0.191 e. The van der Waals surface area contributed by atoms with Gasteiger partial charge in [-0.3, -0.25) is 9.39 Å². The Bertz CT molecular complexity index is 769. The Balaban J connectivity index is 0.00000225. The number of pyridine rings is 1. The predicted molar refractivity (Wildman–Crippen MR) is 123 cm³/mol. The first-order valence-electron chi connectivity index (χ1n) is 10.3.